The van der Waals surface area contributed by atoms with Gasteiger partial charge in [-0.1, -0.05) is 68.1 Å². The zero-order chi connectivity index (χ0) is 14.7. The van der Waals surface area contributed by atoms with Gasteiger partial charge in [0.05, 0.1) is 6.54 Å². The number of rotatable bonds is 4. The fraction of sp³-hybridized carbons (Fsp3) is 0.389. The normalized spacial score (nSPS) is 20.3. The summed E-state index contributed by atoms with van der Waals surface area (Å²) in [7, 11) is 0. The zero-order valence-electron chi connectivity index (χ0n) is 12.7. The summed E-state index contributed by atoms with van der Waals surface area (Å²) in [5.74, 6) is 1.88. The molecule has 0 saturated carbocycles. The van der Waals surface area contributed by atoms with Gasteiger partial charge in [0.25, 0.3) is 0 Å². The lowest BCUT2D eigenvalue weighted by Crippen LogP contribution is -2.28. The largest absolute Gasteiger partial charge is 0.361 e. The standard InChI is InChI=1S/C18H22N2S/c1-13(2)10-16-12-21-18(20-16)19-11-15-8-5-7-14-6-3-4-9-17(14)15/h3-9,13,16H,10-12H2,1-2H3,(H,19,20). The molecular formula is C18H22N2S. The minimum Gasteiger partial charge on any atom is -0.361 e. The lowest BCUT2D eigenvalue weighted by Gasteiger charge is -2.12. The Morgan fingerprint density at radius 2 is 2.00 bits per heavy atom. The first kappa shape index (κ1) is 14.5. The van der Waals surface area contributed by atoms with E-state index in [4.69, 9.17) is 4.99 Å². The number of hydrogen-bond acceptors (Lipinski definition) is 2. The highest BCUT2D eigenvalue weighted by molar-refractivity contribution is 8.14. The smallest absolute Gasteiger partial charge is 0.157 e. The molecule has 0 spiro atoms. The van der Waals surface area contributed by atoms with Gasteiger partial charge < -0.3 is 5.32 Å². The van der Waals surface area contributed by atoms with E-state index in [9.17, 15) is 0 Å². The molecule has 0 aromatic heterocycles. The summed E-state index contributed by atoms with van der Waals surface area (Å²) in [6, 6.07) is 15.6. The molecule has 21 heavy (non-hydrogen) atoms. The maximum Gasteiger partial charge on any atom is 0.157 e. The second-order valence-electron chi connectivity index (χ2n) is 6.04. The number of benzene rings is 2. The molecule has 110 valence electrons. The molecule has 1 aliphatic heterocycles. The van der Waals surface area contributed by atoms with Gasteiger partial charge in [0, 0.05) is 11.8 Å². The summed E-state index contributed by atoms with van der Waals surface area (Å²) in [5, 5.41) is 7.26. The Morgan fingerprint density at radius 3 is 2.86 bits per heavy atom. The van der Waals surface area contributed by atoms with Crippen molar-refractivity contribution in [3.63, 3.8) is 0 Å². The maximum atomic E-state index is 4.77. The van der Waals surface area contributed by atoms with E-state index in [0.29, 0.717) is 6.04 Å². The molecule has 2 aromatic rings. The minimum absolute atomic E-state index is 0.585. The summed E-state index contributed by atoms with van der Waals surface area (Å²) in [4.78, 5) is 4.77. The van der Waals surface area contributed by atoms with Crippen LogP contribution >= 0.6 is 11.8 Å². The number of thioether (sulfide) groups is 1. The zero-order valence-corrected chi connectivity index (χ0v) is 13.5. The molecule has 1 saturated heterocycles. The molecule has 0 bridgehead atoms. The average molecular weight is 298 g/mol. The van der Waals surface area contributed by atoms with Crippen molar-refractivity contribution in [2.75, 3.05) is 5.75 Å². The third-order valence-corrected chi connectivity index (χ3v) is 4.87. The summed E-state index contributed by atoms with van der Waals surface area (Å²) < 4.78 is 0. The number of fused-ring (bicyclic) bond motifs is 1. The van der Waals surface area contributed by atoms with Crippen LogP contribution in [0.15, 0.2) is 47.5 Å². The van der Waals surface area contributed by atoms with Gasteiger partial charge in [-0.15, -0.1) is 0 Å². The Labute approximate surface area is 131 Å². The van der Waals surface area contributed by atoms with E-state index in [1.807, 2.05) is 11.8 Å². The van der Waals surface area contributed by atoms with Gasteiger partial charge >= 0.3 is 0 Å². The van der Waals surface area contributed by atoms with E-state index in [-0.39, 0.29) is 0 Å². The summed E-state index contributed by atoms with van der Waals surface area (Å²) >= 11 is 1.86. The van der Waals surface area contributed by atoms with Gasteiger partial charge in [0.1, 0.15) is 0 Å². The number of nitrogens with one attached hydrogen (secondary N) is 1. The summed E-state index contributed by atoms with van der Waals surface area (Å²) in [6.45, 7) is 5.31. The van der Waals surface area contributed by atoms with Crippen LogP contribution in [0.25, 0.3) is 10.8 Å². The number of amidine groups is 1. The van der Waals surface area contributed by atoms with Crippen molar-refractivity contribution < 1.29 is 0 Å². The van der Waals surface area contributed by atoms with Crippen LogP contribution < -0.4 is 5.32 Å². The van der Waals surface area contributed by atoms with E-state index in [2.05, 4.69) is 61.6 Å². The molecule has 0 aliphatic carbocycles. The predicted octanol–water partition coefficient (Wildman–Crippen LogP) is 4.45. The van der Waals surface area contributed by atoms with Crippen molar-refractivity contribution in [3.8, 4) is 0 Å². The predicted molar refractivity (Wildman–Crippen MR) is 93.9 cm³/mol. The quantitative estimate of drug-likeness (QED) is 0.902. The second-order valence-corrected chi connectivity index (χ2v) is 7.05. The third-order valence-electron chi connectivity index (χ3n) is 3.78. The van der Waals surface area contributed by atoms with Crippen molar-refractivity contribution in [2.45, 2.75) is 32.9 Å². The summed E-state index contributed by atoms with van der Waals surface area (Å²) in [6.07, 6.45) is 1.22. The Morgan fingerprint density at radius 1 is 1.19 bits per heavy atom. The summed E-state index contributed by atoms with van der Waals surface area (Å²) in [5.41, 5.74) is 1.30. The maximum absolute atomic E-state index is 4.77. The van der Waals surface area contributed by atoms with E-state index in [1.54, 1.807) is 0 Å². The highest BCUT2D eigenvalue weighted by atomic mass is 32.2. The lowest BCUT2D eigenvalue weighted by molar-refractivity contribution is 0.502. The molecule has 0 radical (unpaired) electrons. The van der Waals surface area contributed by atoms with Gasteiger partial charge in [-0.05, 0) is 28.7 Å². The van der Waals surface area contributed by atoms with Crippen LogP contribution in [0.3, 0.4) is 0 Å². The van der Waals surface area contributed by atoms with E-state index in [1.165, 1.54) is 22.8 Å². The Hall–Kier alpha value is -1.48. The van der Waals surface area contributed by atoms with Crippen LogP contribution in [0.5, 0.6) is 0 Å². The van der Waals surface area contributed by atoms with E-state index in [0.717, 1.165) is 23.4 Å². The first-order valence-corrected chi connectivity index (χ1v) is 8.61. The SMILES string of the molecule is CC(C)CC1CSC(=NCc2cccc3ccccc23)N1. The van der Waals surface area contributed by atoms with Gasteiger partial charge in [-0.25, -0.2) is 0 Å². The molecule has 3 heteroatoms. The molecule has 1 atom stereocenters. The third kappa shape index (κ3) is 3.59. The Balaban J connectivity index is 1.71. The molecule has 1 heterocycles. The molecule has 1 aliphatic rings. The molecular weight excluding hydrogens is 276 g/mol. The Kier molecular flexibility index (Phi) is 4.49. The second kappa shape index (κ2) is 6.52. The monoisotopic (exact) mass is 298 g/mol. The average Bonchev–Trinajstić information content (AvgIpc) is 2.92. The van der Waals surface area contributed by atoms with Crippen molar-refractivity contribution >= 4 is 27.7 Å². The van der Waals surface area contributed by atoms with E-state index >= 15 is 0 Å². The van der Waals surface area contributed by atoms with Crippen LogP contribution in [-0.2, 0) is 6.54 Å². The first-order chi connectivity index (χ1) is 10.2. The molecule has 1 fully saturated rings. The molecule has 1 unspecified atom stereocenters. The first-order valence-electron chi connectivity index (χ1n) is 7.63. The molecule has 3 rings (SSSR count). The van der Waals surface area contributed by atoms with Crippen molar-refractivity contribution in [3.05, 3.63) is 48.0 Å². The lowest BCUT2D eigenvalue weighted by atomic mass is 10.0. The molecule has 2 nitrogen and oxygen atoms in total. The van der Waals surface area contributed by atoms with Gasteiger partial charge in [-0.2, -0.15) is 0 Å². The number of nitrogens with zero attached hydrogens (tertiary/aromatic N) is 1. The molecule has 0 amide bonds. The van der Waals surface area contributed by atoms with Crippen molar-refractivity contribution in [1.82, 2.24) is 5.32 Å². The van der Waals surface area contributed by atoms with Crippen LogP contribution in [0.2, 0.25) is 0 Å². The minimum atomic E-state index is 0.585. The van der Waals surface area contributed by atoms with Crippen LogP contribution in [0, 0.1) is 5.92 Å². The van der Waals surface area contributed by atoms with E-state index < -0.39 is 0 Å². The van der Waals surface area contributed by atoms with Gasteiger partial charge in [-0.3, -0.25) is 4.99 Å². The molecule has 1 N–H and O–H groups in total. The van der Waals surface area contributed by atoms with Crippen molar-refractivity contribution in [2.24, 2.45) is 10.9 Å². The van der Waals surface area contributed by atoms with Crippen LogP contribution in [0.4, 0.5) is 0 Å². The van der Waals surface area contributed by atoms with Crippen molar-refractivity contribution in [1.29, 1.82) is 0 Å². The highest BCUT2D eigenvalue weighted by Gasteiger charge is 2.20. The fourth-order valence-electron chi connectivity index (χ4n) is 2.81. The van der Waals surface area contributed by atoms with Crippen LogP contribution in [-0.4, -0.2) is 17.0 Å². The number of hydrogen-bond donors (Lipinski definition) is 1. The fourth-order valence-corrected chi connectivity index (χ4v) is 3.80. The Bertz CT molecular complexity index is 643. The van der Waals surface area contributed by atoms with Crippen LogP contribution in [0.1, 0.15) is 25.8 Å². The van der Waals surface area contributed by atoms with Gasteiger partial charge in [0.15, 0.2) is 5.17 Å². The highest BCUT2D eigenvalue weighted by Crippen LogP contribution is 2.22. The molecule has 2 aromatic carbocycles. The van der Waals surface area contributed by atoms with Gasteiger partial charge in [0.2, 0.25) is 0 Å². The number of aliphatic imine (C=N–C) groups is 1. The topological polar surface area (TPSA) is 24.4 Å².